The highest BCUT2D eigenvalue weighted by Crippen LogP contribution is 2.40. The van der Waals surface area contributed by atoms with Gasteiger partial charge < -0.3 is 9.47 Å². The van der Waals surface area contributed by atoms with Crippen molar-refractivity contribution in [1.29, 1.82) is 0 Å². The molecule has 2 aromatic rings. The maximum Gasteiger partial charge on any atom is 0.305 e. The van der Waals surface area contributed by atoms with E-state index in [4.69, 9.17) is 9.47 Å². The van der Waals surface area contributed by atoms with Gasteiger partial charge in [0.2, 0.25) is 0 Å². The summed E-state index contributed by atoms with van der Waals surface area (Å²) in [6.07, 6.45) is 0.230. The zero-order chi connectivity index (χ0) is 16.9. The fourth-order valence-electron chi connectivity index (χ4n) is 3.06. The molecule has 1 aliphatic rings. The van der Waals surface area contributed by atoms with Crippen molar-refractivity contribution in [3.8, 4) is 5.75 Å². The minimum atomic E-state index is -0.397. The third-order valence-corrected chi connectivity index (χ3v) is 4.20. The van der Waals surface area contributed by atoms with Gasteiger partial charge in [-0.05, 0) is 31.0 Å². The Hall–Kier alpha value is -2.62. The standard InChI is InChI=1S/C20H20O4/c1-2-23-18(21)13-12-16-19(22)15-10-6-7-11-17(15)24-20(16)14-8-4-3-5-9-14/h3-11,16,20H,2,12-13H2,1H3. The maximum absolute atomic E-state index is 12.9. The molecule has 4 heteroatoms. The number of Topliss-reactive ketones (excluding diaryl/α,β-unsaturated/α-hetero) is 1. The Morgan fingerprint density at radius 1 is 1.08 bits per heavy atom. The lowest BCUT2D eigenvalue weighted by Gasteiger charge is -2.32. The molecule has 0 fully saturated rings. The van der Waals surface area contributed by atoms with E-state index in [0.717, 1.165) is 5.56 Å². The monoisotopic (exact) mass is 324 g/mol. The zero-order valence-electron chi connectivity index (χ0n) is 13.6. The lowest BCUT2D eigenvalue weighted by Crippen LogP contribution is -2.32. The number of esters is 1. The van der Waals surface area contributed by atoms with E-state index in [2.05, 4.69) is 0 Å². The van der Waals surface area contributed by atoms with Crippen LogP contribution in [0.2, 0.25) is 0 Å². The van der Waals surface area contributed by atoms with E-state index < -0.39 is 5.92 Å². The van der Waals surface area contributed by atoms with Gasteiger partial charge in [0.15, 0.2) is 5.78 Å². The van der Waals surface area contributed by atoms with Gasteiger partial charge >= 0.3 is 5.97 Å². The zero-order valence-corrected chi connectivity index (χ0v) is 13.6. The van der Waals surface area contributed by atoms with Crippen molar-refractivity contribution < 1.29 is 19.1 Å². The summed E-state index contributed by atoms with van der Waals surface area (Å²) in [5, 5.41) is 0. The van der Waals surface area contributed by atoms with E-state index in [9.17, 15) is 9.59 Å². The number of fused-ring (bicyclic) bond motifs is 1. The molecule has 0 spiro atoms. The van der Waals surface area contributed by atoms with Crippen LogP contribution in [0.25, 0.3) is 0 Å². The summed E-state index contributed by atoms with van der Waals surface area (Å²) in [7, 11) is 0. The molecular formula is C20H20O4. The van der Waals surface area contributed by atoms with Crippen LogP contribution in [0.3, 0.4) is 0 Å². The molecule has 124 valence electrons. The third kappa shape index (κ3) is 3.32. The first-order valence-corrected chi connectivity index (χ1v) is 8.21. The van der Waals surface area contributed by atoms with Crippen LogP contribution in [-0.2, 0) is 9.53 Å². The first-order valence-electron chi connectivity index (χ1n) is 8.21. The van der Waals surface area contributed by atoms with Crippen molar-refractivity contribution >= 4 is 11.8 Å². The van der Waals surface area contributed by atoms with Gasteiger partial charge in [-0.1, -0.05) is 42.5 Å². The summed E-state index contributed by atoms with van der Waals surface area (Å²) in [6, 6.07) is 16.9. The normalized spacial score (nSPS) is 19.3. The lowest BCUT2D eigenvalue weighted by atomic mass is 9.83. The molecule has 2 aromatic carbocycles. The van der Waals surface area contributed by atoms with Gasteiger partial charge in [-0.2, -0.15) is 0 Å². The van der Waals surface area contributed by atoms with Gasteiger partial charge in [0, 0.05) is 6.42 Å². The van der Waals surface area contributed by atoms with Crippen LogP contribution in [0, 0.1) is 5.92 Å². The first-order chi connectivity index (χ1) is 11.7. The molecule has 0 radical (unpaired) electrons. The van der Waals surface area contributed by atoms with Gasteiger partial charge in [0.25, 0.3) is 0 Å². The molecule has 0 saturated carbocycles. The predicted octanol–water partition coefficient (Wildman–Crippen LogP) is 3.96. The van der Waals surface area contributed by atoms with Crippen LogP contribution in [0.5, 0.6) is 5.75 Å². The summed E-state index contributed by atoms with van der Waals surface area (Å²) < 4.78 is 11.1. The molecule has 24 heavy (non-hydrogen) atoms. The molecule has 0 aliphatic carbocycles. The van der Waals surface area contributed by atoms with E-state index in [1.807, 2.05) is 48.5 Å². The fraction of sp³-hybridized carbons (Fsp3) is 0.300. The number of rotatable bonds is 5. The Balaban J connectivity index is 1.89. The van der Waals surface area contributed by atoms with E-state index in [1.54, 1.807) is 13.0 Å². The minimum absolute atomic E-state index is 0.0231. The number of para-hydroxylation sites is 1. The molecule has 0 bridgehead atoms. The number of hydrogen-bond donors (Lipinski definition) is 0. The quantitative estimate of drug-likeness (QED) is 0.781. The van der Waals surface area contributed by atoms with Crippen molar-refractivity contribution in [3.63, 3.8) is 0 Å². The number of ketones is 1. The largest absolute Gasteiger partial charge is 0.484 e. The second-order valence-corrected chi connectivity index (χ2v) is 5.76. The van der Waals surface area contributed by atoms with E-state index in [-0.39, 0.29) is 24.3 Å². The van der Waals surface area contributed by atoms with Crippen molar-refractivity contribution in [2.75, 3.05) is 6.61 Å². The summed E-state index contributed by atoms with van der Waals surface area (Å²) in [5.41, 5.74) is 1.52. The van der Waals surface area contributed by atoms with Crippen LogP contribution in [0.1, 0.15) is 41.8 Å². The minimum Gasteiger partial charge on any atom is -0.484 e. The van der Waals surface area contributed by atoms with Crippen LogP contribution >= 0.6 is 0 Å². The van der Waals surface area contributed by atoms with E-state index >= 15 is 0 Å². The van der Waals surface area contributed by atoms with Crippen LogP contribution < -0.4 is 4.74 Å². The summed E-state index contributed by atoms with van der Waals surface area (Å²) in [5.74, 6) is -0.0542. The van der Waals surface area contributed by atoms with Crippen LogP contribution in [0.4, 0.5) is 0 Å². The molecular weight excluding hydrogens is 304 g/mol. The highest BCUT2D eigenvalue weighted by Gasteiger charge is 2.38. The Morgan fingerprint density at radius 3 is 2.54 bits per heavy atom. The SMILES string of the molecule is CCOC(=O)CCC1C(=O)c2ccccc2OC1c1ccccc1. The Kier molecular flexibility index (Phi) is 4.94. The Morgan fingerprint density at radius 2 is 1.79 bits per heavy atom. The van der Waals surface area contributed by atoms with Crippen molar-refractivity contribution in [3.05, 3.63) is 65.7 Å². The third-order valence-electron chi connectivity index (χ3n) is 4.20. The second kappa shape index (κ2) is 7.30. The predicted molar refractivity (Wildman–Crippen MR) is 89.9 cm³/mol. The summed E-state index contributed by atoms with van der Waals surface area (Å²) in [6.45, 7) is 2.12. The maximum atomic E-state index is 12.9. The molecule has 3 rings (SSSR count). The van der Waals surface area contributed by atoms with Crippen molar-refractivity contribution in [2.24, 2.45) is 5.92 Å². The van der Waals surface area contributed by atoms with E-state index in [0.29, 0.717) is 24.3 Å². The molecule has 0 saturated heterocycles. The number of hydrogen-bond acceptors (Lipinski definition) is 4. The first kappa shape index (κ1) is 16.2. The molecule has 0 N–H and O–H groups in total. The summed E-state index contributed by atoms with van der Waals surface area (Å²) in [4.78, 5) is 24.6. The van der Waals surface area contributed by atoms with Crippen LogP contribution in [0.15, 0.2) is 54.6 Å². The van der Waals surface area contributed by atoms with Gasteiger partial charge in [0.05, 0.1) is 18.1 Å². The highest BCUT2D eigenvalue weighted by molar-refractivity contribution is 6.01. The van der Waals surface area contributed by atoms with Gasteiger partial charge in [-0.3, -0.25) is 9.59 Å². The van der Waals surface area contributed by atoms with Gasteiger partial charge in [-0.25, -0.2) is 0 Å². The highest BCUT2D eigenvalue weighted by atomic mass is 16.5. The Bertz CT molecular complexity index is 723. The molecule has 1 heterocycles. The van der Waals surface area contributed by atoms with Crippen molar-refractivity contribution in [2.45, 2.75) is 25.9 Å². The Labute approximate surface area is 141 Å². The smallest absolute Gasteiger partial charge is 0.305 e. The number of carbonyl (C=O) groups is 2. The van der Waals surface area contributed by atoms with Crippen molar-refractivity contribution in [1.82, 2.24) is 0 Å². The van der Waals surface area contributed by atoms with Gasteiger partial charge in [0.1, 0.15) is 11.9 Å². The fourth-order valence-corrected chi connectivity index (χ4v) is 3.06. The molecule has 1 aliphatic heterocycles. The average Bonchev–Trinajstić information content (AvgIpc) is 2.62. The van der Waals surface area contributed by atoms with Crippen LogP contribution in [-0.4, -0.2) is 18.4 Å². The van der Waals surface area contributed by atoms with E-state index in [1.165, 1.54) is 0 Å². The number of ether oxygens (including phenoxy) is 2. The molecule has 0 aromatic heterocycles. The van der Waals surface area contributed by atoms with Gasteiger partial charge in [-0.15, -0.1) is 0 Å². The lowest BCUT2D eigenvalue weighted by molar-refractivity contribution is -0.143. The second-order valence-electron chi connectivity index (χ2n) is 5.76. The topological polar surface area (TPSA) is 52.6 Å². The molecule has 2 unspecified atom stereocenters. The molecule has 2 atom stereocenters. The number of carbonyl (C=O) groups excluding carboxylic acids is 2. The molecule has 4 nitrogen and oxygen atoms in total. The molecule has 0 amide bonds. The number of benzene rings is 2. The summed E-state index contributed by atoms with van der Waals surface area (Å²) >= 11 is 0. The average molecular weight is 324 g/mol.